The van der Waals surface area contributed by atoms with Crippen LogP contribution in [0.15, 0.2) is 48.7 Å². The van der Waals surface area contributed by atoms with Crippen LogP contribution >= 0.6 is 0 Å². The van der Waals surface area contributed by atoms with Gasteiger partial charge in [0.05, 0.1) is 11.7 Å². The van der Waals surface area contributed by atoms with Crippen molar-refractivity contribution < 1.29 is 9.53 Å². The smallest absolute Gasteiger partial charge is 0.258 e. The summed E-state index contributed by atoms with van der Waals surface area (Å²) in [5, 5.41) is 21.2. The first kappa shape index (κ1) is 18.2. The average Bonchev–Trinajstić information content (AvgIpc) is 3.39. The third-order valence-electron chi connectivity index (χ3n) is 5.15. The van der Waals surface area contributed by atoms with Gasteiger partial charge in [-0.2, -0.15) is 10.1 Å². The number of hydrogen-bond donors (Lipinski definition) is 4. The highest BCUT2D eigenvalue weighted by Gasteiger charge is 2.19. The Bertz CT molecular complexity index is 1160. The van der Waals surface area contributed by atoms with E-state index in [-0.39, 0.29) is 12.5 Å². The summed E-state index contributed by atoms with van der Waals surface area (Å²) >= 11 is 0. The molecule has 5 rings (SSSR count). The number of carbonyl (C=O) groups excluding carboxylic acids is 1. The number of aromatic nitrogens is 5. The van der Waals surface area contributed by atoms with Crippen LogP contribution in [0.2, 0.25) is 0 Å². The number of nitrogens with one attached hydrogen (secondary N) is 4. The van der Waals surface area contributed by atoms with Gasteiger partial charge in [0.2, 0.25) is 5.95 Å². The SMILES string of the molecule is O=C(COc1ccc(-c2nc(Nc3ccc4[nH]ncc4c3)n[nH]2)cc1)NC1CCC1. The van der Waals surface area contributed by atoms with Gasteiger partial charge < -0.3 is 15.4 Å². The maximum atomic E-state index is 11.8. The van der Waals surface area contributed by atoms with Crippen molar-refractivity contribution in [3.05, 3.63) is 48.7 Å². The van der Waals surface area contributed by atoms with Gasteiger partial charge in [-0.1, -0.05) is 0 Å². The van der Waals surface area contributed by atoms with E-state index in [1.165, 1.54) is 6.42 Å². The van der Waals surface area contributed by atoms with Crippen LogP contribution < -0.4 is 15.4 Å². The maximum absolute atomic E-state index is 11.8. The Labute approximate surface area is 172 Å². The fourth-order valence-electron chi connectivity index (χ4n) is 3.28. The maximum Gasteiger partial charge on any atom is 0.258 e. The van der Waals surface area contributed by atoms with E-state index in [0.29, 0.717) is 23.6 Å². The van der Waals surface area contributed by atoms with E-state index < -0.39 is 0 Å². The summed E-state index contributed by atoms with van der Waals surface area (Å²) in [4.78, 5) is 16.3. The number of anilines is 2. The van der Waals surface area contributed by atoms with Crippen LogP contribution in [-0.2, 0) is 4.79 Å². The van der Waals surface area contributed by atoms with Crippen LogP contribution in [0.25, 0.3) is 22.3 Å². The first-order valence-corrected chi connectivity index (χ1v) is 9.88. The van der Waals surface area contributed by atoms with E-state index in [9.17, 15) is 4.79 Å². The van der Waals surface area contributed by atoms with Crippen molar-refractivity contribution in [2.45, 2.75) is 25.3 Å². The highest BCUT2D eigenvalue weighted by Crippen LogP contribution is 2.23. The Kier molecular flexibility index (Phi) is 4.76. The van der Waals surface area contributed by atoms with Crippen molar-refractivity contribution in [1.29, 1.82) is 0 Å². The zero-order chi connectivity index (χ0) is 20.3. The van der Waals surface area contributed by atoms with Gasteiger partial charge in [0.1, 0.15) is 5.75 Å². The fraction of sp³-hybridized carbons (Fsp3) is 0.238. The minimum Gasteiger partial charge on any atom is -0.484 e. The monoisotopic (exact) mass is 403 g/mol. The van der Waals surface area contributed by atoms with Crippen molar-refractivity contribution in [2.24, 2.45) is 0 Å². The molecule has 0 spiro atoms. The predicted octanol–water partition coefficient (Wildman–Crippen LogP) is 3.14. The highest BCUT2D eigenvalue weighted by molar-refractivity contribution is 5.82. The lowest BCUT2D eigenvalue weighted by atomic mass is 9.93. The molecule has 0 bridgehead atoms. The lowest BCUT2D eigenvalue weighted by Gasteiger charge is -2.26. The van der Waals surface area contributed by atoms with Gasteiger partial charge in [-0.15, -0.1) is 5.10 Å². The number of carbonyl (C=O) groups is 1. The molecule has 1 amide bonds. The third kappa shape index (κ3) is 3.95. The predicted molar refractivity (Wildman–Crippen MR) is 112 cm³/mol. The van der Waals surface area contributed by atoms with E-state index in [2.05, 4.69) is 36.0 Å². The molecule has 0 unspecified atom stereocenters. The van der Waals surface area contributed by atoms with Gasteiger partial charge in [-0.3, -0.25) is 15.0 Å². The zero-order valence-corrected chi connectivity index (χ0v) is 16.2. The number of H-pyrrole nitrogens is 2. The molecule has 0 saturated heterocycles. The van der Waals surface area contributed by atoms with E-state index in [4.69, 9.17) is 4.74 Å². The molecule has 4 aromatic rings. The lowest BCUT2D eigenvalue weighted by molar-refractivity contribution is -0.124. The Morgan fingerprint density at radius 1 is 1.13 bits per heavy atom. The third-order valence-corrected chi connectivity index (χ3v) is 5.15. The summed E-state index contributed by atoms with van der Waals surface area (Å²) in [5.41, 5.74) is 2.71. The summed E-state index contributed by atoms with van der Waals surface area (Å²) in [5.74, 6) is 1.66. The molecule has 9 nitrogen and oxygen atoms in total. The van der Waals surface area contributed by atoms with Crippen molar-refractivity contribution in [1.82, 2.24) is 30.7 Å². The van der Waals surface area contributed by atoms with Crippen LogP contribution in [0.3, 0.4) is 0 Å². The Balaban J connectivity index is 1.19. The number of aromatic amines is 2. The summed E-state index contributed by atoms with van der Waals surface area (Å²) in [6.45, 7) is 0.0211. The van der Waals surface area contributed by atoms with Gasteiger partial charge in [-0.25, -0.2) is 0 Å². The fourth-order valence-corrected chi connectivity index (χ4v) is 3.28. The van der Waals surface area contributed by atoms with E-state index in [1.54, 1.807) is 6.20 Å². The van der Waals surface area contributed by atoms with Crippen LogP contribution in [0.1, 0.15) is 19.3 Å². The second-order valence-electron chi connectivity index (χ2n) is 7.31. The molecular formula is C21H21N7O2. The second-order valence-corrected chi connectivity index (χ2v) is 7.31. The summed E-state index contributed by atoms with van der Waals surface area (Å²) in [7, 11) is 0. The average molecular weight is 403 g/mol. The molecular weight excluding hydrogens is 382 g/mol. The van der Waals surface area contributed by atoms with Crippen molar-refractivity contribution in [3.63, 3.8) is 0 Å². The van der Waals surface area contributed by atoms with Crippen molar-refractivity contribution >= 4 is 28.4 Å². The standard InChI is InChI=1S/C21H21N7O2/c29-19(23-15-2-1-3-15)12-30-17-7-4-13(5-8-17)20-25-21(28-27-20)24-16-6-9-18-14(10-16)11-22-26-18/h4-11,15H,1-3,12H2,(H,22,26)(H,23,29)(H2,24,25,27,28). The highest BCUT2D eigenvalue weighted by atomic mass is 16.5. The molecule has 9 heteroatoms. The van der Waals surface area contributed by atoms with E-state index in [1.807, 2.05) is 42.5 Å². The Morgan fingerprint density at radius 3 is 2.80 bits per heavy atom. The first-order valence-electron chi connectivity index (χ1n) is 9.88. The molecule has 30 heavy (non-hydrogen) atoms. The number of rotatable bonds is 7. The molecule has 1 aliphatic carbocycles. The number of nitrogens with zero attached hydrogens (tertiary/aromatic N) is 3. The van der Waals surface area contributed by atoms with Crippen LogP contribution in [0, 0.1) is 0 Å². The summed E-state index contributed by atoms with van der Waals surface area (Å²) in [6, 6.07) is 13.6. The number of hydrogen-bond acceptors (Lipinski definition) is 6. The molecule has 1 fully saturated rings. The Morgan fingerprint density at radius 2 is 2.00 bits per heavy atom. The largest absolute Gasteiger partial charge is 0.484 e. The topological polar surface area (TPSA) is 121 Å². The van der Waals surface area contributed by atoms with Gasteiger partial charge >= 0.3 is 0 Å². The number of amides is 1. The van der Waals surface area contributed by atoms with Gasteiger partial charge in [0.15, 0.2) is 12.4 Å². The number of fused-ring (bicyclic) bond motifs is 1. The molecule has 1 saturated carbocycles. The Hall–Kier alpha value is -3.88. The number of ether oxygens (including phenoxy) is 1. The minimum absolute atomic E-state index is 0.0211. The molecule has 2 heterocycles. The summed E-state index contributed by atoms with van der Waals surface area (Å²) in [6.07, 6.45) is 5.08. The molecule has 0 atom stereocenters. The molecule has 0 aliphatic heterocycles. The van der Waals surface area contributed by atoms with E-state index >= 15 is 0 Å². The molecule has 1 aliphatic rings. The zero-order valence-electron chi connectivity index (χ0n) is 16.2. The lowest BCUT2D eigenvalue weighted by Crippen LogP contribution is -2.41. The van der Waals surface area contributed by atoms with Gasteiger partial charge in [-0.05, 0) is 61.7 Å². The van der Waals surface area contributed by atoms with Gasteiger partial charge in [0, 0.05) is 22.7 Å². The second kappa shape index (κ2) is 7.86. The van der Waals surface area contributed by atoms with Crippen LogP contribution in [0.4, 0.5) is 11.6 Å². The van der Waals surface area contributed by atoms with Gasteiger partial charge in [0.25, 0.3) is 5.91 Å². The van der Waals surface area contributed by atoms with Crippen molar-refractivity contribution in [2.75, 3.05) is 11.9 Å². The normalized spacial score (nSPS) is 13.7. The quantitative estimate of drug-likeness (QED) is 0.376. The molecule has 2 aromatic heterocycles. The van der Waals surface area contributed by atoms with Crippen LogP contribution in [-0.4, -0.2) is 43.9 Å². The molecule has 2 aromatic carbocycles. The minimum atomic E-state index is -0.0802. The van der Waals surface area contributed by atoms with Crippen molar-refractivity contribution in [3.8, 4) is 17.1 Å². The first-order chi connectivity index (χ1) is 14.7. The molecule has 0 radical (unpaired) electrons. The van der Waals surface area contributed by atoms with E-state index in [0.717, 1.165) is 35.0 Å². The van der Waals surface area contributed by atoms with Crippen LogP contribution in [0.5, 0.6) is 5.75 Å². The molecule has 152 valence electrons. The molecule has 4 N–H and O–H groups in total. The summed E-state index contributed by atoms with van der Waals surface area (Å²) < 4.78 is 5.56. The number of benzene rings is 2.